The number of anilines is 3. The van der Waals surface area contributed by atoms with E-state index in [1.807, 2.05) is 22.8 Å². The van der Waals surface area contributed by atoms with Crippen molar-refractivity contribution < 1.29 is 27.8 Å². The fourth-order valence-corrected chi connectivity index (χ4v) is 7.21. The topological polar surface area (TPSA) is 147 Å². The lowest BCUT2D eigenvalue weighted by Crippen LogP contribution is -2.49. The van der Waals surface area contributed by atoms with Crippen LogP contribution in [-0.2, 0) is 28.7 Å². The zero-order chi connectivity index (χ0) is 35.9. The highest BCUT2D eigenvalue weighted by atomic mass is 35.5. The predicted molar refractivity (Wildman–Crippen MR) is 185 cm³/mol. The summed E-state index contributed by atoms with van der Waals surface area (Å²) >= 11 is 6.14. The van der Waals surface area contributed by atoms with Gasteiger partial charge >= 0.3 is 6.18 Å². The molecule has 3 aliphatic rings. The van der Waals surface area contributed by atoms with Crippen LogP contribution in [0.1, 0.15) is 49.3 Å². The van der Waals surface area contributed by atoms with Gasteiger partial charge in [-0.05, 0) is 62.5 Å². The van der Waals surface area contributed by atoms with E-state index in [0.717, 1.165) is 49.7 Å². The van der Waals surface area contributed by atoms with Crippen LogP contribution in [0.2, 0.25) is 5.02 Å². The minimum atomic E-state index is -4.59. The first-order valence-corrected chi connectivity index (χ1v) is 17.3. The maximum absolute atomic E-state index is 14.3. The second-order valence-corrected chi connectivity index (χ2v) is 13.1. The van der Waals surface area contributed by atoms with Gasteiger partial charge in [0, 0.05) is 26.2 Å². The summed E-state index contributed by atoms with van der Waals surface area (Å²) in [6, 6.07) is 2.83. The molecule has 3 aromatic heterocycles. The van der Waals surface area contributed by atoms with Gasteiger partial charge in [-0.25, -0.2) is 4.68 Å². The third-order valence-electron chi connectivity index (χ3n) is 9.62. The number of hydrogen-bond donors (Lipinski definition) is 3. The molecular formula is C33H38ClF3N10O4. The average Bonchev–Trinajstić information content (AvgIpc) is 3.75. The Labute approximate surface area is 295 Å². The fourth-order valence-electron chi connectivity index (χ4n) is 6.98. The monoisotopic (exact) mass is 730 g/mol. The van der Waals surface area contributed by atoms with Crippen LogP contribution < -0.4 is 26.0 Å². The Morgan fingerprint density at radius 2 is 1.90 bits per heavy atom. The number of benzene rings is 1. The third-order valence-corrected chi connectivity index (χ3v) is 9.94. The lowest BCUT2D eigenvalue weighted by molar-refractivity contribution is -0.137. The molecule has 2 saturated heterocycles. The summed E-state index contributed by atoms with van der Waals surface area (Å²) < 4.78 is 49.6. The van der Waals surface area contributed by atoms with Crippen molar-refractivity contribution in [2.75, 3.05) is 67.6 Å². The van der Waals surface area contributed by atoms with Gasteiger partial charge < -0.3 is 34.8 Å². The highest BCUT2D eigenvalue weighted by Crippen LogP contribution is 2.35. The number of piperazine rings is 1. The second-order valence-electron chi connectivity index (χ2n) is 12.7. The Balaban J connectivity index is 1.20. The number of amides is 1. The van der Waals surface area contributed by atoms with Crippen LogP contribution in [0.5, 0.6) is 5.88 Å². The van der Waals surface area contributed by atoms with Crippen LogP contribution in [0.3, 0.4) is 0 Å². The Kier molecular flexibility index (Phi) is 9.69. The molecule has 14 nitrogen and oxygen atoms in total. The number of alkyl halides is 3. The Morgan fingerprint density at radius 1 is 1.16 bits per heavy atom. The molecule has 0 atom stereocenters. The minimum absolute atomic E-state index is 0.0161. The van der Waals surface area contributed by atoms with Crippen molar-refractivity contribution in [2.45, 2.75) is 51.4 Å². The summed E-state index contributed by atoms with van der Waals surface area (Å²) in [5.74, 6) is 0.0555. The Bertz CT molecular complexity index is 2030. The van der Waals surface area contributed by atoms with Crippen LogP contribution in [0.25, 0.3) is 11.4 Å². The van der Waals surface area contributed by atoms with Crippen LogP contribution in [0.15, 0.2) is 35.3 Å². The van der Waals surface area contributed by atoms with Crippen LogP contribution in [0.4, 0.5) is 30.2 Å². The number of aromatic nitrogens is 6. The van der Waals surface area contributed by atoms with Crippen molar-refractivity contribution in [3.63, 3.8) is 0 Å². The largest absolute Gasteiger partial charge is 0.492 e. The van der Waals surface area contributed by atoms with Gasteiger partial charge in [0.1, 0.15) is 17.9 Å². The van der Waals surface area contributed by atoms with E-state index in [1.165, 1.54) is 4.52 Å². The van der Waals surface area contributed by atoms with E-state index in [2.05, 4.69) is 20.8 Å². The number of carbonyl (C=O) groups excluding carboxylic acids is 1. The van der Waals surface area contributed by atoms with E-state index < -0.39 is 17.6 Å². The first-order chi connectivity index (χ1) is 24.5. The third kappa shape index (κ3) is 6.89. The molecule has 7 rings (SSSR count). The quantitative estimate of drug-likeness (QED) is 0.245. The molecule has 0 unspecified atom stereocenters. The first-order valence-electron chi connectivity index (χ1n) is 17.0. The van der Waals surface area contributed by atoms with Gasteiger partial charge in [-0.2, -0.15) is 27.8 Å². The molecule has 3 aliphatic heterocycles. The van der Waals surface area contributed by atoms with Crippen molar-refractivity contribution in [1.82, 2.24) is 34.3 Å². The molecule has 0 aliphatic carbocycles. The summed E-state index contributed by atoms with van der Waals surface area (Å²) in [5.41, 5.74) is 1.08. The van der Waals surface area contributed by atoms with Crippen molar-refractivity contribution in [3.8, 4) is 5.88 Å². The molecule has 272 valence electrons. The number of hydrogen-bond acceptors (Lipinski definition) is 10. The van der Waals surface area contributed by atoms with E-state index in [1.54, 1.807) is 15.4 Å². The first kappa shape index (κ1) is 34.8. The second kappa shape index (κ2) is 14.2. The predicted octanol–water partition coefficient (Wildman–Crippen LogP) is 3.72. The average molecular weight is 731 g/mol. The van der Waals surface area contributed by atoms with E-state index in [-0.39, 0.29) is 40.5 Å². The zero-order valence-corrected chi connectivity index (χ0v) is 28.7. The molecule has 51 heavy (non-hydrogen) atoms. The van der Waals surface area contributed by atoms with E-state index >= 15 is 0 Å². The number of fused-ring (bicyclic) bond motifs is 1. The highest BCUT2D eigenvalue weighted by molar-refractivity contribution is 6.33. The molecule has 0 bridgehead atoms. The molecule has 0 saturated carbocycles. The van der Waals surface area contributed by atoms with Crippen LogP contribution in [0, 0.1) is 0 Å². The number of ether oxygens (including phenoxy) is 1. The van der Waals surface area contributed by atoms with Gasteiger partial charge in [-0.15, -0.1) is 5.10 Å². The number of aromatic hydroxyl groups is 1. The van der Waals surface area contributed by atoms with Crippen molar-refractivity contribution in [2.24, 2.45) is 0 Å². The number of halogens is 4. The normalized spacial score (nSPS) is 17.6. The summed E-state index contributed by atoms with van der Waals surface area (Å²) in [5, 5.41) is 25.9. The smallest absolute Gasteiger partial charge is 0.416 e. The number of carbonyl (C=O) groups is 1. The summed E-state index contributed by atoms with van der Waals surface area (Å²) in [4.78, 5) is 36.5. The molecule has 18 heteroatoms. The van der Waals surface area contributed by atoms with Crippen LogP contribution >= 0.6 is 11.6 Å². The van der Waals surface area contributed by atoms with Crippen molar-refractivity contribution in [1.29, 1.82) is 0 Å². The highest BCUT2D eigenvalue weighted by Gasteiger charge is 2.32. The number of rotatable bonds is 8. The summed E-state index contributed by atoms with van der Waals surface area (Å²) in [6.45, 7) is 6.00. The van der Waals surface area contributed by atoms with Gasteiger partial charge in [0.05, 0.1) is 47.4 Å². The molecule has 0 spiro atoms. The summed E-state index contributed by atoms with van der Waals surface area (Å²) in [6.07, 6.45) is 1.62. The lowest BCUT2D eigenvalue weighted by atomic mass is 10.1. The van der Waals surface area contributed by atoms with Crippen molar-refractivity contribution in [3.05, 3.63) is 62.9 Å². The number of piperidine rings is 1. The number of nitrogens with one attached hydrogen (secondary N) is 2. The van der Waals surface area contributed by atoms with Gasteiger partial charge in [-0.3, -0.25) is 9.59 Å². The molecule has 6 heterocycles. The van der Waals surface area contributed by atoms with Gasteiger partial charge in [-0.1, -0.05) is 24.6 Å². The van der Waals surface area contributed by atoms with E-state index in [4.69, 9.17) is 21.3 Å². The molecule has 4 aromatic rings. The molecular weight excluding hydrogens is 693 g/mol. The minimum Gasteiger partial charge on any atom is -0.492 e. The number of nitrogens with zero attached hydrogens (tertiary/aromatic N) is 8. The maximum Gasteiger partial charge on any atom is 0.416 e. The summed E-state index contributed by atoms with van der Waals surface area (Å²) in [7, 11) is 0. The molecule has 1 aromatic carbocycles. The molecule has 0 radical (unpaired) electrons. The van der Waals surface area contributed by atoms with Gasteiger partial charge in [0.15, 0.2) is 5.82 Å². The standard InChI is InChI=1S/C33H38ClF3N10O4/c1-2-25-28(44-13-11-43(12-14-44)26-18-39-46(30(26)49)22-5-9-38-10-6-22)31(50)47-32(41-29(42-47)20-7-15-51-16-8-20)45(25)19-27(48)40-24-4-3-21(17-23(24)34)33(35,36)37/h3-4,7,17-18,22,38,49H,2,5-6,8-16,19H2,1H3,(H,40,48). The fraction of sp³-hybridized carbons (Fsp3) is 0.485. The molecule has 3 N–H and O–H groups in total. The van der Waals surface area contributed by atoms with Crippen LogP contribution in [-0.4, -0.2) is 92.4 Å². The SMILES string of the molecule is CCc1c(N2CCN(c3cnn(C4CCNCC4)c3O)CC2)c(=O)n2nc(C3=CCOCC3)nc2n1CC(=O)Nc1ccc(C(F)(F)F)cc1Cl. The Hall–Kier alpha value is -4.61. The molecule has 2 fully saturated rings. The van der Waals surface area contributed by atoms with Gasteiger partial charge in [0.25, 0.3) is 5.56 Å². The van der Waals surface area contributed by atoms with Gasteiger partial charge in [0.2, 0.25) is 17.6 Å². The zero-order valence-electron chi connectivity index (χ0n) is 27.9. The molecule has 1 amide bonds. The van der Waals surface area contributed by atoms with Crippen molar-refractivity contribution >= 4 is 45.9 Å². The van der Waals surface area contributed by atoms with E-state index in [0.29, 0.717) is 75.1 Å². The maximum atomic E-state index is 14.3. The van der Waals surface area contributed by atoms with E-state index in [9.17, 15) is 27.9 Å². The Morgan fingerprint density at radius 3 is 2.57 bits per heavy atom. The lowest BCUT2D eigenvalue weighted by Gasteiger charge is -2.37.